The average Bonchev–Trinajstić information content (AvgIpc) is 2.89. The Hall–Kier alpha value is -2.61. The molecule has 0 bridgehead atoms. The monoisotopic (exact) mass is 376 g/mol. The Morgan fingerprint density at radius 2 is 2.19 bits per heavy atom. The van der Waals surface area contributed by atoms with E-state index in [1.807, 2.05) is 13.8 Å². The van der Waals surface area contributed by atoms with Gasteiger partial charge in [0.05, 0.1) is 23.1 Å². The van der Waals surface area contributed by atoms with Crippen molar-refractivity contribution in [3.05, 3.63) is 53.0 Å². The van der Waals surface area contributed by atoms with E-state index in [-0.39, 0.29) is 18.2 Å². The number of hydrogen-bond acceptors (Lipinski definition) is 5. The summed E-state index contributed by atoms with van der Waals surface area (Å²) >= 11 is 0. The second kappa shape index (κ2) is 8.39. The molecular weight excluding hydrogens is 354 g/mol. The van der Waals surface area contributed by atoms with Crippen molar-refractivity contribution in [2.75, 3.05) is 31.1 Å². The van der Waals surface area contributed by atoms with E-state index in [4.69, 9.17) is 4.74 Å². The lowest BCUT2D eigenvalue weighted by Crippen LogP contribution is -2.41. The van der Waals surface area contributed by atoms with E-state index in [1.54, 1.807) is 6.20 Å². The minimum absolute atomic E-state index is 0.184. The highest BCUT2D eigenvalue weighted by molar-refractivity contribution is 5.94. The lowest BCUT2D eigenvalue weighted by Gasteiger charge is -2.26. The van der Waals surface area contributed by atoms with Crippen LogP contribution in [0.15, 0.2) is 24.4 Å². The summed E-state index contributed by atoms with van der Waals surface area (Å²) < 4.78 is 32.8. The number of ether oxygens (including phenoxy) is 1. The Kier molecular flexibility index (Phi) is 5.95. The van der Waals surface area contributed by atoms with Gasteiger partial charge in [0.2, 0.25) is 0 Å². The molecule has 144 valence electrons. The van der Waals surface area contributed by atoms with Gasteiger partial charge in [0, 0.05) is 32.4 Å². The summed E-state index contributed by atoms with van der Waals surface area (Å²) in [5.41, 5.74) is 1.33. The quantitative estimate of drug-likeness (QED) is 0.888. The number of halogens is 2. The predicted molar refractivity (Wildman–Crippen MR) is 96.8 cm³/mol. The summed E-state index contributed by atoms with van der Waals surface area (Å²) in [7, 11) is 0. The van der Waals surface area contributed by atoms with Crippen LogP contribution in [0, 0.1) is 25.5 Å². The molecule has 0 radical (unpaired) electrons. The molecule has 1 aliphatic rings. The van der Waals surface area contributed by atoms with Gasteiger partial charge in [-0.25, -0.2) is 13.8 Å². The summed E-state index contributed by atoms with van der Waals surface area (Å²) in [5.74, 6) is -1.29. The molecule has 1 atom stereocenters. The summed E-state index contributed by atoms with van der Waals surface area (Å²) in [6, 6.07) is 2.80. The number of aryl methyl sites for hydroxylation is 2. The van der Waals surface area contributed by atoms with Crippen LogP contribution < -0.4 is 10.2 Å². The number of rotatable bonds is 4. The van der Waals surface area contributed by atoms with Gasteiger partial charge in [0.15, 0.2) is 0 Å². The van der Waals surface area contributed by atoms with Gasteiger partial charge in [-0.1, -0.05) is 0 Å². The summed E-state index contributed by atoms with van der Waals surface area (Å²) in [6.45, 7) is 5.80. The van der Waals surface area contributed by atoms with Crippen molar-refractivity contribution >= 4 is 11.7 Å². The molecule has 1 fully saturated rings. The molecule has 1 aromatic carbocycles. The standard InChI is InChI=1S/C19H22F2N4O2/c1-12-9-22-13(2)18(24-12)25-6-3-7-27-15(11-25)10-23-19(26)16-8-14(20)4-5-17(16)21/h4-5,8-9,15H,3,6-7,10-11H2,1-2H3,(H,23,26). The second-order valence-corrected chi connectivity index (χ2v) is 6.55. The Balaban J connectivity index is 1.66. The van der Waals surface area contributed by atoms with Gasteiger partial charge in [-0.2, -0.15) is 0 Å². The fourth-order valence-corrected chi connectivity index (χ4v) is 3.01. The first-order valence-corrected chi connectivity index (χ1v) is 8.84. The first kappa shape index (κ1) is 19.2. The maximum atomic E-state index is 13.7. The van der Waals surface area contributed by atoms with Gasteiger partial charge in [0.25, 0.3) is 5.91 Å². The maximum Gasteiger partial charge on any atom is 0.254 e. The van der Waals surface area contributed by atoms with Crippen LogP contribution in [0.2, 0.25) is 0 Å². The first-order chi connectivity index (χ1) is 12.9. The van der Waals surface area contributed by atoms with E-state index in [9.17, 15) is 13.6 Å². The van der Waals surface area contributed by atoms with E-state index in [0.29, 0.717) is 13.2 Å². The van der Waals surface area contributed by atoms with Gasteiger partial charge in [0.1, 0.15) is 17.5 Å². The fourth-order valence-electron chi connectivity index (χ4n) is 3.01. The van der Waals surface area contributed by atoms with Crippen molar-refractivity contribution in [1.82, 2.24) is 15.3 Å². The van der Waals surface area contributed by atoms with Crippen LogP contribution in [0.25, 0.3) is 0 Å². The van der Waals surface area contributed by atoms with Gasteiger partial charge < -0.3 is 15.0 Å². The van der Waals surface area contributed by atoms with Crippen LogP contribution in [-0.4, -0.2) is 48.2 Å². The lowest BCUT2D eigenvalue weighted by atomic mass is 10.2. The van der Waals surface area contributed by atoms with Crippen LogP contribution in [0.4, 0.5) is 14.6 Å². The number of anilines is 1. The van der Waals surface area contributed by atoms with E-state index in [1.165, 1.54) is 0 Å². The molecule has 1 unspecified atom stereocenters. The van der Waals surface area contributed by atoms with Crippen LogP contribution >= 0.6 is 0 Å². The SMILES string of the molecule is Cc1cnc(C)c(N2CCCOC(CNC(=O)c3cc(F)ccc3F)C2)n1. The molecule has 0 saturated carbocycles. The third-order valence-electron chi connectivity index (χ3n) is 4.36. The molecule has 1 amide bonds. The third-order valence-corrected chi connectivity index (χ3v) is 4.36. The highest BCUT2D eigenvalue weighted by atomic mass is 19.1. The van der Waals surface area contributed by atoms with Crippen molar-refractivity contribution in [3.63, 3.8) is 0 Å². The van der Waals surface area contributed by atoms with Gasteiger partial charge in [-0.15, -0.1) is 0 Å². The highest BCUT2D eigenvalue weighted by Gasteiger charge is 2.23. The van der Waals surface area contributed by atoms with Crippen molar-refractivity contribution < 1.29 is 18.3 Å². The molecule has 1 aromatic heterocycles. The summed E-state index contributed by atoms with van der Waals surface area (Å²) in [5, 5.41) is 2.63. The Morgan fingerprint density at radius 1 is 1.37 bits per heavy atom. The van der Waals surface area contributed by atoms with Gasteiger partial charge in [-0.3, -0.25) is 9.78 Å². The number of carbonyl (C=O) groups excluding carboxylic acids is 1. The molecule has 1 N–H and O–H groups in total. The molecule has 0 aliphatic carbocycles. The number of amides is 1. The van der Waals surface area contributed by atoms with Crippen molar-refractivity contribution in [1.29, 1.82) is 0 Å². The number of hydrogen-bond donors (Lipinski definition) is 1. The van der Waals surface area contributed by atoms with Crippen molar-refractivity contribution in [2.24, 2.45) is 0 Å². The molecule has 2 heterocycles. The second-order valence-electron chi connectivity index (χ2n) is 6.55. The molecule has 8 heteroatoms. The van der Waals surface area contributed by atoms with Gasteiger partial charge in [-0.05, 0) is 38.5 Å². The number of nitrogens with one attached hydrogen (secondary N) is 1. The van der Waals surface area contributed by atoms with E-state index in [0.717, 1.165) is 48.4 Å². The summed E-state index contributed by atoms with van der Waals surface area (Å²) in [6.07, 6.45) is 2.24. The zero-order chi connectivity index (χ0) is 19.4. The largest absolute Gasteiger partial charge is 0.374 e. The summed E-state index contributed by atoms with van der Waals surface area (Å²) in [4.78, 5) is 23.2. The molecule has 6 nitrogen and oxygen atoms in total. The predicted octanol–water partition coefficient (Wildman–Crippen LogP) is 2.40. The zero-order valence-corrected chi connectivity index (χ0v) is 15.3. The minimum Gasteiger partial charge on any atom is -0.374 e. The molecule has 3 rings (SSSR count). The maximum absolute atomic E-state index is 13.7. The minimum atomic E-state index is -0.761. The average molecular weight is 376 g/mol. The fraction of sp³-hybridized carbons (Fsp3) is 0.421. The molecular formula is C19H22F2N4O2. The first-order valence-electron chi connectivity index (χ1n) is 8.84. The topological polar surface area (TPSA) is 67.3 Å². The van der Waals surface area contributed by atoms with Crippen LogP contribution in [0.3, 0.4) is 0 Å². The van der Waals surface area contributed by atoms with E-state index in [2.05, 4.69) is 20.2 Å². The van der Waals surface area contributed by atoms with Crippen LogP contribution in [-0.2, 0) is 4.74 Å². The van der Waals surface area contributed by atoms with E-state index >= 15 is 0 Å². The lowest BCUT2D eigenvalue weighted by molar-refractivity contribution is 0.0638. The third kappa shape index (κ3) is 4.77. The van der Waals surface area contributed by atoms with Gasteiger partial charge >= 0.3 is 0 Å². The smallest absolute Gasteiger partial charge is 0.254 e. The molecule has 2 aromatic rings. The number of carbonyl (C=O) groups is 1. The highest BCUT2D eigenvalue weighted by Crippen LogP contribution is 2.19. The Bertz CT molecular complexity index is 831. The van der Waals surface area contributed by atoms with Crippen LogP contribution in [0.1, 0.15) is 28.2 Å². The molecule has 27 heavy (non-hydrogen) atoms. The molecule has 0 spiro atoms. The van der Waals surface area contributed by atoms with Crippen molar-refractivity contribution in [3.8, 4) is 0 Å². The Morgan fingerprint density at radius 3 is 3.00 bits per heavy atom. The van der Waals surface area contributed by atoms with E-state index < -0.39 is 17.5 Å². The number of aromatic nitrogens is 2. The zero-order valence-electron chi connectivity index (χ0n) is 15.3. The molecule has 1 saturated heterocycles. The van der Waals surface area contributed by atoms with Crippen LogP contribution in [0.5, 0.6) is 0 Å². The molecule has 1 aliphatic heterocycles. The van der Waals surface area contributed by atoms with Crippen molar-refractivity contribution in [2.45, 2.75) is 26.4 Å². The Labute approximate surface area is 156 Å². The number of benzene rings is 1. The normalized spacial score (nSPS) is 17.5. The number of nitrogens with zero attached hydrogens (tertiary/aromatic N) is 3.